The zero-order valence-corrected chi connectivity index (χ0v) is 17.6. The monoisotopic (exact) mass is 420 g/mol. The zero-order valence-electron chi connectivity index (χ0n) is 17.6. The highest BCUT2D eigenvalue weighted by Gasteiger charge is 2.30. The molecule has 1 N–H and O–H groups in total. The lowest BCUT2D eigenvalue weighted by atomic mass is 9.90. The van der Waals surface area contributed by atoms with Crippen molar-refractivity contribution >= 4 is 5.97 Å². The zero-order chi connectivity index (χ0) is 21.6. The van der Waals surface area contributed by atoms with Gasteiger partial charge in [0.2, 0.25) is 12.0 Å². The maximum absolute atomic E-state index is 12.5. The van der Waals surface area contributed by atoms with Gasteiger partial charge in [0, 0.05) is 18.9 Å². The summed E-state index contributed by atoms with van der Waals surface area (Å²) < 4.78 is 16.8. The minimum absolute atomic E-state index is 0.0269. The lowest BCUT2D eigenvalue weighted by molar-refractivity contribution is -0.160. The Balaban J connectivity index is 1.58. The molecular formula is C26H28O5. The van der Waals surface area contributed by atoms with Crippen molar-refractivity contribution in [3.63, 3.8) is 0 Å². The van der Waals surface area contributed by atoms with Crippen molar-refractivity contribution < 1.29 is 24.1 Å². The summed E-state index contributed by atoms with van der Waals surface area (Å²) in [5.41, 5.74) is 6.32. The molecule has 0 unspecified atom stereocenters. The van der Waals surface area contributed by atoms with Gasteiger partial charge >= 0.3 is 5.97 Å². The molecule has 5 nitrogen and oxygen atoms in total. The fourth-order valence-corrected chi connectivity index (χ4v) is 4.14. The van der Waals surface area contributed by atoms with Crippen LogP contribution in [0.5, 0.6) is 0 Å². The van der Waals surface area contributed by atoms with Crippen molar-refractivity contribution in [2.75, 3.05) is 19.8 Å². The van der Waals surface area contributed by atoms with Gasteiger partial charge in [-0.1, -0.05) is 55.1 Å². The number of fused-ring (bicyclic) bond motifs is 3. The number of aliphatic hydroxyl groups excluding tert-OH is 1. The summed E-state index contributed by atoms with van der Waals surface area (Å²) >= 11 is 0. The Labute approximate surface area is 183 Å². The average molecular weight is 421 g/mol. The largest absolute Gasteiger partial charge is 0.458 e. The molecule has 2 aromatic carbocycles. The first-order chi connectivity index (χ1) is 15.2. The molecule has 1 heterocycles. The van der Waals surface area contributed by atoms with Crippen LogP contribution < -0.4 is 0 Å². The van der Waals surface area contributed by atoms with Crippen LogP contribution in [0.3, 0.4) is 0 Å². The first-order valence-electron chi connectivity index (χ1n) is 10.8. The van der Waals surface area contributed by atoms with E-state index in [1.54, 1.807) is 0 Å². The van der Waals surface area contributed by atoms with Crippen LogP contribution >= 0.6 is 0 Å². The van der Waals surface area contributed by atoms with Crippen molar-refractivity contribution in [2.24, 2.45) is 0 Å². The van der Waals surface area contributed by atoms with Gasteiger partial charge in [-0.15, -0.1) is 0 Å². The van der Waals surface area contributed by atoms with Crippen LogP contribution in [0.25, 0.3) is 11.1 Å². The van der Waals surface area contributed by atoms with Crippen LogP contribution in [-0.2, 0) is 25.4 Å². The second-order valence-corrected chi connectivity index (χ2v) is 7.86. The summed E-state index contributed by atoms with van der Waals surface area (Å²) in [5, 5.41) is 8.97. The number of aliphatic hydroxyl groups is 1. The molecule has 0 spiro atoms. The molecule has 162 valence electrons. The predicted octanol–water partition coefficient (Wildman–Crippen LogP) is 4.49. The smallest absolute Gasteiger partial charge is 0.373 e. The summed E-state index contributed by atoms with van der Waals surface area (Å²) in [6.45, 7) is 4.30. The van der Waals surface area contributed by atoms with Crippen molar-refractivity contribution in [2.45, 2.75) is 37.9 Å². The Hall–Kier alpha value is -2.89. The number of unbranched alkanes of at least 4 members (excludes halogenated alkanes) is 1. The maximum atomic E-state index is 12.5. The Kier molecular flexibility index (Phi) is 6.85. The van der Waals surface area contributed by atoms with Crippen LogP contribution in [0.2, 0.25) is 0 Å². The minimum atomic E-state index is -0.541. The predicted molar refractivity (Wildman–Crippen MR) is 118 cm³/mol. The molecule has 0 aromatic heterocycles. The number of allylic oxidation sites excluding steroid dienone is 1. The van der Waals surface area contributed by atoms with Gasteiger partial charge < -0.3 is 19.3 Å². The molecule has 2 aromatic rings. The van der Waals surface area contributed by atoms with Crippen LogP contribution in [0.1, 0.15) is 41.9 Å². The standard InChI is InChI=1S/C26H28O5/c1-2-12-30-26(28)24-16-21(17-25(31-24)29-13-6-5-11-27)18-9-10-20-14-19-7-3-4-8-22(19)23(20)15-18/h2-4,7-10,15-16,21,25,27H,1,5-6,11-14,17H2/t21-,25+/m0/s1. The van der Waals surface area contributed by atoms with E-state index < -0.39 is 12.3 Å². The summed E-state index contributed by atoms with van der Waals surface area (Å²) in [6, 6.07) is 15.0. The van der Waals surface area contributed by atoms with Gasteiger partial charge in [-0.25, -0.2) is 4.79 Å². The molecular weight excluding hydrogens is 392 g/mol. The number of hydrogen-bond donors (Lipinski definition) is 1. The number of esters is 1. The summed E-state index contributed by atoms with van der Waals surface area (Å²) in [6.07, 6.45) is 5.78. The quantitative estimate of drug-likeness (QED) is 0.314. The number of carbonyl (C=O) groups excluding carboxylic acids is 1. The molecule has 0 bridgehead atoms. The molecule has 1 aliphatic carbocycles. The number of benzene rings is 2. The molecule has 0 amide bonds. The summed E-state index contributed by atoms with van der Waals surface area (Å²) in [5.74, 6) is -0.368. The van der Waals surface area contributed by atoms with Crippen LogP contribution in [0.4, 0.5) is 0 Å². The summed E-state index contributed by atoms with van der Waals surface area (Å²) in [4.78, 5) is 12.5. The highest BCUT2D eigenvalue weighted by molar-refractivity contribution is 5.86. The SMILES string of the molecule is C=CCOC(=O)C1=C[C@H](c2ccc3c(c2)-c2ccccc2C3)C[C@H](OCCCCO)O1. The lowest BCUT2D eigenvalue weighted by Gasteiger charge is -2.29. The minimum Gasteiger partial charge on any atom is -0.458 e. The molecule has 4 rings (SSSR count). The molecule has 2 aliphatic rings. The second-order valence-electron chi connectivity index (χ2n) is 7.86. The van der Waals surface area contributed by atoms with Crippen molar-refractivity contribution in [1.82, 2.24) is 0 Å². The third kappa shape index (κ3) is 4.89. The molecule has 0 fully saturated rings. The fraction of sp³-hybridized carbons (Fsp3) is 0.346. The van der Waals surface area contributed by atoms with Crippen LogP contribution in [0, 0.1) is 0 Å². The topological polar surface area (TPSA) is 65.0 Å². The summed E-state index contributed by atoms with van der Waals surface area (Å²) in [7, 11) is 0. The average Bonchev–Trinajstić information content (AvgIpc) is 3.18. The lowest BCUT2D eigenvalue weighted by Crippen LogP contribution is -2.28. The highest BCUT2D eigenvalue weighted by atomic mass is 16.7. The first kappa shape index (κ1) is 21.3. The fourth-order valence-electron chi connectivity index (χ4n) is 4.14. The van der Waals surface area contributed by atoms with Crippen LogP contribution in [0.15, 0.2) is 67.0 Å². The Morgan fingerprint density at radius 3 is 2.84 bits per heavy atom. The van der Waals surface area contributed by atoms with E-state index in [1.165, 1.54) is 28.3 Å². The van der Waals surface area contributed by atoms with E-state index in [-0.39, 0.29) is 24.9 Å². The van der Waals surface area contributed by atoms with Gasteiger partial charge in [0.25, 0.3) is 0 Å². The Morgan fingerprint density at radius 1 is 1.16 bits per heavy atom. The van der Waals surface area contributed by atoms with Crippen molar-refractivity contribution in [1.29, 1.82) is 0 Å². The molecule has 0 radical (unpaired) electrons. The van der Waals surface area contributed by atoms with Gasteiger partial charge in [0.15, 0.2) is 0 Å². The van der Waals surface area contributed by atoms with E-state index in [2.05, 4.69) is 49.0 Å². The van der Waals surface area contributed by atoms with Gasteiger partial charge in [-0.2, -0.15) is 0 Å². The third-order valence-electron chi connectivity index (χ3n) is 5.70. The molecule has 0 saturated heterocycles. The molecule has 1 aliphatic heterocycles. The van der Waals surface area contributed by atoms with E-state index in [1.807, 2.05) is 6.08 Å². The molecule has 5 heteroatoms. The third-order valence-corrected chi connectivity index (χ3v) is 5.70. The van der Waals surface area contributed by atoms with Crippen LogP contribution in [-0.4, -0.2) is 37.2 Å². The highest BCUT2D eigenvalue weighted by Crippen LogP contribution is 2.40. The number of carbonyl (C=O) groups is 1. The van der Waals surface area contributed by atoms with Crippen molar-refractivity contribution in [3.05, 3.63) is 83.6 Å². The molecule has 0 saturated carbocycles. The second kappa shape index (κ2) is 9.94. The van der Waals surface area contributed by atoms with E-state index in [4.69, 9.17) is 19.3 Å². The normalized spacial score (nSPS) is 19.1. The molecule has 2 atom stereocenters. The molecule has 31 heavy (non-hydrogen) atoms. The van der Waals surface area contributed by atoms with Crippen molar-refractivity contribution in [3.8, 4) is 11.1 Å². The Bertz CT molecular complexity index is 978. The first-order valence-corrected chi connectivity index (χ1v) is 10.8. The van der Waals surface area contributed by atoms with Gasteiger partial charge in [-0.3, -0.25) is 0 Å². The van der Waals surface area contributed by atoms with E-state index >= 15 is 0 Å². The van der Waals surface area contributed by atoms with E-state index in [0.29, 0.717) is 19.4 Å². The van der Waals surface area contributed by atoms with E-state index in [9.17, 15) is 4.79 Å². The Morgan fingerprint density at radius 2 is 2.00 bits per heavy atom. The van der Waals surface area contributed by atoms with Gasteiger partial charge in [0.05, 0.1) is 6.61 Å². The number of hydrogen-bond acceptors (Lipinski definition) is 5. The van der Waals surface area contributed by atoms with E-state index in [0.717, 1.165) is 18.4 Å². The number of ether oxygens (including phenoxy) is 3. The van der Waals surface area contributed by atoms with Gasteiger partial charge in [-0.05, 0) is 53.2 Å². The maximum Gasteiger partial charge on any atom is 0.373 e. The van der Waals surface area contributed by atoms with Gasteiger partial charge in [0.1, 0.15) is 6.61 Å². The number of rotatable bonds is 9.